The molecular formula is C6H11NOS. The molecule has 1 amide bonds. The van der Waals surface area contributed by atoms with Crippen molar-refractivity contribution in [2.75, 3.05) is 5.88 Å². The molecule has 0 spiro atoms. The lowest BCUT2D eigenvalue weighted by Crippen LogP contribution is -2.29. The number of amides is 1. The minimum Gasteiger partial charge on any atom is -0.331 e. The molecule has 1 fully saturated rings. The Morgan fingerprint density at radius 2 is 2.33 bits per heavy atom. The maximum atomic E-state index is 10.7. The van der Waals surface area contributed by atoms with Gasteiger partial charge in [0.15, 0.2) is 0 Å². The molecule has 1 aliphatic carbocycles. The highest BCUT2D eigenvalue weighted by atomic mass is 32.1. The Morgan fingerprint density at radius 1 is 1.78 bits per heavy atom. The SMILES string of the molecule is CC(=O)N(CS)C1CC1. The molecule has 0 radical (unpaired) electrons. The van der Waals surface area contributed by atoms with E-state index in [-0.39, 0.29) is 5.91 Å². The number of nitrogens with zero attached hydrogens (tertiary/aromatic N) is 1. The second kappa shape index (κ2) is 2.60. The summed E-state index contributed by atoms with van der Waals surface area (Å²) in [5.41, 5.74) is 0. The van der Waals surface area contributed by atoms with Crippen LogP contribution in [-0.4, -0.2) is 22.7 Å². The summed E-state index contributed by atoms with van der Waals surface area (Å²) >= 11 is 4.04. The van der Waals surface area contributed by atoms with E-state index in [1.54, 1.807) is 11.8 Å². The van der Waals surface area contributed by atoms with E-state index in [9.17, 15) is 4.79 Å². The van der Waals surface area contributed by atoms with Crippen LogP contribution in [0.1, 0.15) is 19.8 Å². The third-order valence-corrected chi connectivity index (χ3v) is 1.85. The van der Waals surface area contributed by atoms with Crippen molar-refractivity contribution < 1.29 is 4.79 Å². The van der Waals surface area contributed by atoms with Crippen LogP contribution in [-0.2, 0) is 4.79 Å². The van der Waals surface area contributed by atoms with Crippen LogP contribution in [0, 0.1) is 0 Å². The Balaban J connectivity index is 2.37. The van der Waals surface area contributed by atoms with Crippen molar-refractivity contribution in [2.45, 2.75) is 25.8 Å². The summed E-state index contributed by atoms with van der Waals surface area (Å²) in [6.45, 7) is 1.59. The molecule has 3 heteroatoms. The van der Waals surface area contributed by atoms with Gasteiger partial charge in [-0.1, -0.05) is 0 Å². The first-order valence-electron chi connectivity index (χ1n) is 3.13. The van der Waals surface area contributed by atoms with Crippen LogP contribution in [0.15, 0.2) is 0 Å². The Labute approximate surface area is 60.6 Å². The Bertz CT molecular complexity index is 122. The third kappa shape index (κ3) is 1.61. The van der Waals surface area contributed by atoms with E-state index in [2.05, 4.69) is 12.6 Å². The van der Waals surface area contributed by atoms with Gasteiger partial charge >= 0.3 is 0 Å². The lowest BCUT2D eigenvalue weighted by atomic mass is 10.5. The first-order chi connectivity index (χ1) is 4.25. The van der Waals surface area contributed by atoms with Crippen LogP contribution < -0.4 is 0 Å². The zero-order chi connectivity index (χ0) is 6.85. The van der Waals surface area contributed by atoms with Crippen molar-refractivity contribution in [3.8, 4) is 0 Å². The van der Waals surface area contributed by atoms with Gasteiger partial charge in [-0.3, -0.25) is 4.79 Å². The van der Waals surface area contributed by atoms with E-state index in [1.165, 1.54) is 12.8 Å². The molecule has 0 unspecified atom stereocenters. The van der Waals surface area contributed by atoms with Crippen molar-refractivity contribution in [3.05, 3.63) is 0 Å². The smallest absolute Gasteiger partial charge is 0.220 e. The molecule has 1 saturated carbocycles. The molecule has 0 aromatic heterocycles. The molecule has 0 aromatic carbocycles. The van der Waals surface area contributed by atoms with E-state index in [1.807, 2.05) is 0 Å². The van der Waals surface area contributed by atoms with E-state index in [0.29, 0.717) is 11.9 Å². The second-order valence-corrected chi connectivity index (χ2v) is 2.64. The zero-order valence-electron chi connectivity index (χ0n) is 5.50. The first-order valence-corrected chi connectivity index (χ1v) is 3.77. The van der Waals surface area contributed by atoms with Crippen LogP contribution in [0.3, 0.4) is 0 Å². The molecule has 52 valence electrons. The number of hydrogen-bond acceptors (Lipinski definition) is 2. The van der Waals surface area contributed by atoms with Gasteiger partial charge in [-0.25, -0.2) is 0 Å². The van der Waals surface area contributed by atoms with Crippen LogP contribution in [0.5, 0.6) is 0 Å². The van der Waals surface area contributed by atoms with Crippen molar-refractivity contribution in [2.24, 2.45) is 0 Å². The summed E-state index contributed by atoms with van der Waals surface area (Å²) in [5.74, 6) is 0.715. The number of carbonyl (C=O) groups excluding carboxylic acids is 1. The highest BCUT2D eigenvalue weighted by Crippen LogP contribution is 2.26. The Hall–Kier alpha value is -0.180. The minimum absolute atomic E-state index is 0.146. The lowest BCUT2D eigenvalue weighted by molar-refractivity contribution is -0.128. The predicted molar refractivity (Wildman–Crippen MR) is 39.4 cm³/mol. The molecule has 1 rings (SSSR count). The third-order valence-electron chi connectivity index (χ3n) is 1.54. The summed E-state index contributed by atoms with van der Waals surface area (Å²) in [7, 11) is 0. The number of carbonyl (C=O) groups is 1. The number of rotatable bonds is 2. The zero-order valence-corrected chi connectivity index (χ0v) is 6.40. The van der Waals surface area contributed by atoms with Crippen LogP contribution in [0.25, 0.3) is 0 Å². The van der Waals surface area contributed by atoms with Gasteiger partial charge in [-0.15, -0.1) is 0 Å². The largest absolute Gasteiger partial charge is 0.331 e. The van der Waals surface area contributed by atoms with Gasteiger partial charge in [0, 0.05) is 13.0 Å². The van der Waals surface area contributed by atoms with Crippen molar-refractivity contribution >= 4 is 18.5 Å². The average Bonchev–Trinajstić information content (AvgIpc) is 2.50. The molecule has 0 heterocycles. The van der Waals surface area contributed by atoms with Crippen molar-refractivity contribution in [1.29, 1.82) is 0 Å². The standard InChI is InChI=1S/C6H11NOS/c1-5(8)7(4-9)6-2-3-6/h6,9H,2-4H2,1H3. The predicted octanol–water partition coefficient (Wildman–Crippen LogP) is 0.885. The monoisotopic (exact) mass is 145 g/mol. The molecule has 0 atom stereocenters. The van der Waals surface area contributed by atoms with Crippen LogP contribution >= 0.6 is 12.6 Å². The van der Waals surface area contributed by atoms with E-state index in [4.69, 9.17) is 0 Å². The highest BCUT2D eigenvalue weighted by Gasteiger charge is 2.29. The molecule has 0 aliphatic heterocycles. The quantitative estimate of drug-likeness (QED) is 0.452. The van der Waals surface area contributed by atoms with Gasteiger partial charge in [-0.2, -0.15) is 12.6 Å². The van der Waals surface area contributed by atoms with E-state index < -0.39 is 0 Å². The minimum atomic E-state index is 0.146. The van der Waals surface area contributed by atoms with E-state index in [0.717, 1.165) is 0 Å². The summed E-state index contributed by atoms with van der Waals surface area (Å²) in [6, 6.07) is 0.514. The summed E-state index contributed by atoms with van der Waals surface area (Å²) < 4.78 is 0. The number of thiol groups is 1. The number of hydrogen-bond donors (Lipinski definition) is 1. The topological polar surface area (TPSA) is 20.3 Å². The lowest BCUT2D eigenvalue weighted by Gasteiger charge is -2.16. The molecule has 0 saturated heterocycles. The fourth-order valence-corrected chi connectivity index (χ4v) is 1.29. The average molecular weight is 145 g/mol. The van der Waals surface area contributed by atoms with E-state index >= 15 is 0 Å². The molecule has 0 bridgehead atoms. The fourth-order valence-electron chi connectivity index (χ4n) is 0.858. The van der Waals surface area contributed by atoms with Crippen LogP contribution in [0.4, 0.5) is 0 Å². The first kappa shape index (κ1) is 6.93. The summed E-state index contributed by atoms with van der Waals surface area (Å²) in [4.78, 5) is 12.5. The Kier molecular flexibility index (Phi) is 2.01. The normalized spacial score (nSPS) is 17.6. The fraction of sp³-hybridized carbons (Fsp3) is 0.833. The molecule has 0 N–H and O–H groups in total. The van der Waals surface area contributed by atoms with Gasteiger partial charge in [0.05, 0.1) is 5.88 Å². The molecule has 1 aliphatic rings. The molecule has 9 heavy (non-hydrogen) atoms. The van der Waals surface area contributed by atoms with Gasteiger partial charge in [0.25, 0.3) is 0 Å². The van der Waals surface area contributed by atoms with Crippen molar-refractivity contribution in [3.63, 3.8) is 0 Å². The van der Waals surface area contributed by atoms with Crippen molar-refractivity contribution in [1.82, 2.24) is 4.90 Å². The molecular weight excluding hydrogens is 134 g/mol. The van der Waals surface area contributed by atoms with Gasteiger partial charge in [0.2, 0.25) is 5.91 Å². The summed E-state index contributed by atoms with van der Waals surface area (Å²) in [6.07, 6.45) is 2.33. The Morgan fingerprint density at radius 3 is 2.44 bits per heavy atom. The van der Waals surface area contributed by atoms with Crippen LogP contribution in [0.2, 0.25) is 0 Å². The maximum Gasteiger partial charge on any atom is 0.220 e. The van der Waals surface area contributed by atoms with Gasteiger partial charge in [0.1, 0.15) is 0 Å². The second-order valence-electron chi connectivity index (χ2n) is 2.36. The van der Waals surface area contributed by atoms with Gasteiger partial charge < -0.3 is 4.90 Å². The maximum absolute atomic E-state index is 10.7. The van der Waals surface area contributed by atoms with Gasteiger partial charge in [-0.05, 0) is 12.8 Å². The highest BCUT2D eigenvalue weighted by molar-refractivity contribution is 7.80. The molecule has 2 nitrogen and oxygen atoms in total. The summed E-state index contributed by atoms with van der Waals surface area (Å²) in [5, 5.41) is 0. The molecule has 0 aromatic rings.